The van der Waals surface area contributed by atoms with Gasteiger partial charge in [0, 0.05) is 22.7 Å². The summed E-state index contributed by atoms with van der Waals surface area (Å²) in [6.07, 6.45) is 2.63. The van der Waals surface area contributed by atoms with Crippen LogP contribution in [-0.4, -0.2) is 0 Å². The number of hydrogen-bond acceptors (Lipinski definition) is 0. The monoisotopic (exact) mass is 346 g/mol. The van der Waals surface area contributed by atoms with E-state index >= 15 is 0 Å². The van der Waals surface area contributed by atoms with E-state index in [4.69, 9.17) is 5.48 Å². The zero-order valence-electron chi connectivity index (χ0n) is 20.2. The fraction of sp³-hybridized carbons (Fsp3) is 0.320. The van der Waals surface area contributed by atoms with Crippen molar-refractivity contribution < 1.29 is 10.1 Å². The number of fused-ring (bicyclic) bond motifs is 3. The van der Waals surface area contributed by atoms with E-state index in [2.05, 4.69) is 44.2 Å². The average molecular weight is 347 g/mol. The number of benzene rings is 2. The number of aromatic nitrogens is 1. The molecule has 2 aromatic carbocycles. The molecule has 0 saturated heterocycles. The highest BCUT2D eigenvalue weighted by Gasteiger charge is 2.25. The molecule has 1 aliphatic rings. The average Bonchev–Trinajstić information content (AvgIpc) is 2.98. The maximum Gasteiger partial charge on any atom is 0.212 e. The van der Waals surface area contributed by atoms with Crippen LogP contribution in [0.25, 0.3) is 22.4 Å². The minimum atomic E-state index is -2.26. The highest BCUT2D eigenvalue weighted by atomic mass is 14.9. The van der Waals surface area contributed by atoms with Gasteiger partial charge in [-0.15, -0.1) is 0 Å². The Hall–Kier alpha value is -2.41. The van der Waals surface area contributed by atoms with E-state index in [-0.39, 0.29) is 5.56 Å². The number of nitrogens with zero attached hydrogens (tertiary/aromatic N) is 1. The maximum atomic E-state index is 8.56. The molecule has 0 radical (unpaired) electrons. The van der Waals surface area contributed by atoms with E-state index in [1.165, 1.54) is 33.4 Å². The predicted octanol–water partition coefficient (Wildman–Crippen LogP) is 5.80. The van der Waals surface area contributed by atoms with Crippen molar-refractivity contribution in [2.24, 2.45) is 7.05 Å². The molecule has 1 heterocycles. The molecular weight excluding hydrogens is 314 g/mol. The first-order chi connectivity index (χ1) is 13.9. The third kappa shape index (κ3) is 2.58. The van der Waals surface area contributed by atoms with E-state index in [1.54, 1.807) is 20.0 Å². The van der Waals surface area contributed by atoms with Gasteiger partial charge in [0.05, 0.1) is 0 Å². The van der Waals surface area contributed by atoms with E-state index < -0.39 is 12.7 Å². The smallest absolute Gasteiger partial charge is 0.201 e. The molecule has 1 nitrogen and oxygen atoms in total. The Morgan fingerprint density at radius 1 is 1.04 bits per heavy atom. The summed E-state index contributed by atoms with van der Waals surface area (Å²) in [5, 5.41) is 0. The molecule has 0 fully saturated rings. The van der Waals surface area contributed by atoms with Crippen LogP contribution in [0.15, 0.2) is 42.6 Å². The first kappa shape index (κ1) is 12.9. The second kappa shape index (κ2) is 6.09. The quantitative estimate of drug-likeness (QED) is 0.404. The fourth-order valence-corrected chi connectivity index (χ4v) is 4.22. The van der Waals surface area contributed by atoms with Gasteiger partial charge in [-0.05, 0) is 72.5 Å². The first-order valence-corrected chi connectivity index (χ1v) is 9.15. The van der Waals surface area contributed by atoms with E-state index in [9.17, 15) is 0 Å². The zero-order valence-corrected chi connectivity index (χ0v) is 16.2. The van der Waals surface area contributed by atoms with Crippen molar-refractivity contribution in [2.75, 3.05) is 0 Å². The molecule has 3 aromatic rings. The van der Waals surface area contributed by atoms with Crippen molar-refractivity contribution >= 4 is 0 Å². The van der Waals surface area contributed by atoms with Gasteiger partial charge in [0.15, 0.2) is 6.20 Å². The van der Waals surface area contributed by atoms with Crippen LogP contribution in [-0.2, 0) is 13.5 Å². The molecule has 0 aliphatic heterocycles. The molecule has 132 valence electrons. The van der Waals surface area contributed by atoms with Gasteiger partial charge in [0.2, 0.25) is 5.69 Å². The van der Waals surface area contributed by atoms with Gasteiger partial charge in [-0.3, -0.25) is 0 Å². The van der Waals surface area contributed by atoms with Crippen LogP contribution in [0.4, 0.5) is 0 Å². The minimum Gasteiger partial charge on any atom is -0.201 e. The molecule has 26 heavy (non-hydrogen) atoms. The van der Waals surface area contributed by atoms with Crippen molar-refractivity contribution in [1.29, 1.82) is 0 Å². The van der Waals surface area contributed by atoms with Crippen LogP contribution in [0.2, 0.25) is 0 Å². The number of rotatable bonds is 2. The minimum absolute atomic E-state index is 0.244. The molecule has 1 heteroatoms. The van der Waals surface area contributed by atoms with Crippen molar-refractivity contribution in [1.82, 2.24) is 0 Å². The highest BCUT2D eigenvalue weighted by Crippen LogP contribution is 2.42. The molecule has 0 unspecified atom stereocenters. The van der Waals surface area contributed by atoms with Gasteiger partial charge in [0.25, 0.3) is 0 Å². The number of pyridine rings is 1. The molecule has 1 aromatic heterocycles. The summed E-state index contributed by atoms with van der Waals surface area (Å²) in [5.74, 6) is -1.01. The topological polar surface area (TPSA) is 3.88 Å². The van der Waals surface area contributed by atoms with Gasteiger partial charge in [-0.25, -0.2) is 4.57 Å². The lowest BCUT2D eigenvalue weighted by atomic mass is 9.91. The summed E-state index contributed by atoms with van der Waals surface area (Å²) in [6, 6.07) is 12.9. The van der Waals surface area contributed by atoms with Gasteiger partial charge >= 0.3 is 0 Å². The lowest BCUT2D eigenvalue weighted by molar-refractivity contribution is -0.660. The summed E-state index contributed by atoms with van der Waals surface area (Å²) >= 11 is 0. The molecule has 1 aliphatic carbocycles. The fourth-order valence-electron chi connectivity index (χ4n) is 4.22. The second-order valence-electron chi connectivity index (χ2n) is 7.71. The summed E-state index contributed by atoms with van der Waals surface area (Å²) in [7, 11) is 1.88. The molecule has 0 amide bonds. The molecule has 0 atom stereocenters. The van der Waals surface area contributed by atoms with Crippen molar-refractivity contribution in [3.8, 4) is 22.4 Å². The largest absolute Gasteiger partial charge is 0.212 e. The molecular formula is C25H28N+. The highest BCUT2D eigenvalue weighted by molar-refractivity contribution is 5.84. The molecule has 0 saturated carbocycles. The summed E-state index contributed by atoms with van der Waals surface area (Å²) in [4.78, 5) is 0. The molecule has 0 N–H and O–H groups in total. The van der Waals surface area contributed by atoms with Crippen LogP contribution < -0.4 is 4.57 Å². The lowest BCUT2D eigenvalue weighted by Gasteiger charge is -2.14. The van der Waals surface area contributed by atoms with E-state index in [0.29, 0.717) is 5.56 Å². The van der Waals surface area contributed by atoms with Crippen LogP contribution in [0.1, 0.15) is 58.6 Å². The Labute approximate surface area is 163 Å². The Morgan fingerprint density at radius 2 is 1.81 bits per heavy atom. The first-order valence-electron chi connectivity index (χ1n) is 11.2. The SMILES string of the molecule is [2H]C([2H])([2H])c1c[n+](C)c(-c2ccc3c(c2C)-c2ccc(C)cc2C3)cc1C([2H])(C)C. The third-order valence-corrected chi connectivity index (χ3v) is 5.55. The summed E-state index contributed by atoms with van der Waals surface area (Å²) in [5.41, 5.74) is 10.5. The Kier molecular flexibility index (Phi) is 3.01. The van der Waals surface area contributed by atoms with Gasteiger partial charge in [-0.2, -0.15) is 0 Å². The van der Waals surface area contributed by atoms with Gasteiger partial charge < -0.3 is 0 Å². The normalized spacial score (nSPS) is 15.6. The standard InChI is InChI=1S/C25H28N/c1-15(2)23-13-24(26(6)14-17(23)4)21-10-8-19-12-20-11-16(3)7-9-22(20)25(19)18(21)5/h7-11,13-15H,12H2,1-6H3/q+1/i4D3,15D. The lowest BCUT2D eigenvalue weighted by Crippen LogP contribution is -2.32. The Bertz CT molecular complexity index is 1170. The van der Waals surface area contributed by atoms with Crippen LogP contribution in [0, 0.1) is 20.7 Å². The number of aryl methyl sites for hydroxylation is 3. The van der Waals surface area contributed by atoms with Crippen molar-refractivity contribution in [3.63, 3.8) is 0 Å². The van der Waals surface area contributed by atoms with Crippen molar-refractivity contribution in [2.45, 2.75) is 46.9 Å². The Morgan fingerprint density at radius 3 is 2.54 bits per heavy atom. The summed E-state index contributed by atoms with van der Waals surface area (Å²) < 4.78 is 34.3. The molecule has 0 spiro atoms. The van der Waals surface area contributed by atoms with E-state index in [0.717, 1.165) is 17.7 Å². The molecule has 0 bridgehead atoms. The van der Waals surface area contributed by atoms with Gasteiger partial charge in [-0.1, -0.05) is 43.7 Å². The van der Waals surface area contributed by atoms with Crippen LogP contribution in [0.5, 0.6) is 0 Å². The predicted molar refractivity (Wildman–Crippen MR) is 110 cm³/mol. The summed E-state index contributed by atoms with van der Waals surface area (Å²) in [6.45, 7) is 5.50. The third-order valence-electron chi connectivity index (χ3n) is 5.55. The second-order valence-corrected chi connectivity index (χ2v) is 7.71. The zero-order chi connectivity index (χ0) is 22.0. The Balaban J connectivity index is 1.95. The van der Waals surface area contributed by atoms with Crippen LogP contribution in [0.3, 0.4) is 0 Å². The molecule has 4 rings (SSSR count). The van der Waals surface area contributed by atoms with Gasteiger partial charge in [0.1, 0.15) is 7.05 Å². The number of hydrogen-bond donors (Lipinski definition) is 0. The maximum absolute atomic E-state index is 8.56. The van der Waals surface area contributed by atoms with Crippen LogP contribution >= 0.6 is 0 Å². The van der Waals surface area contributed by atoms with E-state index in [1.807, 2.05) is 17.7 Å². The van der Waals surface area contributed by atoms with Crippen molar-refractivity contribution in [3.05, 3.63) is 76.0 Å².